The summed E-state index contributed by atoms with van der Waals surface area (Å²) in [6.45, 7) is 9.61. The smallest absolute Gasteiger partial charge is 0.123 e. The van der Waals surface area contributed by atoms with Crippen LogP contribution in [0.25, 0.3) is 0 Å². The Labute approximate surface area is 130 Å². The Morgan fingerprint density at radius 2 is 1.86 bits per heavy atom. The molecule has 0 bridgehead atoms. The van der Waals surface area contributed by atoms with Crippen LogP contribution in [0.2, 0.25) is 0 Å². The lowest BCUT2D eigenvalue weighted by molar-refractivity contribution is 0.127. The molecule has 0 saturated heterocycles. The maximum atomic E-state index is 6.50. The minimum atomic E-state index is 0.103. The van der Waals surface area contributed by atoms with Gasteiger partial charge < -0.3 is 10.5 Å². The van der Waals surface area contributed by atoms with Crippen LogP contribution >= 0.6 is 0 Å². The van der Waals surface area contributed by atoms with E-state index in [1.165, 1.54) is 36.8 Å². The summed E-state index contributed by atoms with van der Waals surface area (Å²) in [6.07, 6.45) is 6.49. The van der Waals surface area contributed by atoms with E-state index in [0.29, 0.717) is 5.92 Å². The molecule has 2 nitrogen and oxygen atoms in total. The van der Waals surface area contributed by atoms with Gasteiger partial charge in [0.25, 0.3) is 0 Å². The maximum Gasteiger partial charge on any atom is 0.123 e. The molecular weight excluding hydrogens is 258 g/mol. The van der Waals surface area contributed by atoms with Crippen LogP contribution in [-0.4, -0.2) is 12.6 Å². The lowest BCUT2D eigenvalue weighted by Gasteiger charge is -2.29. The lowest BCUT2D eigenvalue weighted by atomic mass is 9.85. The average Bonchev–Trinajstić information content (AvgIpc) is 2.62. The van der Waals surface area contributed by atoms with Gasteiger partial charge in [0.1, 0.15) is 11.9 Å². The Morgan fingerprint density at radius 3 is 2.52 bits per heavy atom. The van der Waals surface area contributed by atoms with Crippen molar-refractivity contribution < 1.29 is 4.74 Å². The summed E-state index contributed by atoms with van der Waals surface area (Å²) in [5.41, 5.74) is 8.65. The molecule has 1 aromatic rings. The molecule has 0 amide bonds. The van der Waals surface area contributed by atoms with E-state index in [0.717, 1.165) is 18.7 Å². The molecule has 1 aliphatic carbocycles. The first-order chi connectivity index (χ1) is 9.91. The van der Waals surface area contributed by atoms with Crippen molar-refractivity contribution in [3.05, 3.63) is 29.3 Å². The molecule has 2 rings (SSSR count). The predicted octanol–water partition coefficient (Wildman–Crippen LogP) is 4.58. The summed E-state index contributed by atoms with van der Waals surface area (Å²) in [5.74, 6) is 1.56. The fourth-order valence-electron chi connectivity index (χ4n) is 3.28. The summed E-state index contributed by atoms with van der Waals surface area (Å²) in [4.78, 5) is 0. The van der Waals surface area contributed by atoms with E-state index >= 15 is 0 Å². The second-order valence-electron chi connectivity index (χ2n) is 7.54. The molecule has 2 N–H and O–H groups in total. The normalized spacial score (nSPS) is 23.7. The fourth-order valence-corrected chi connectivity index (χ4v) is 3.28. The number of hydrogen-bond acceptors (Lipinski definition) is 2. The minimum Gasteiger partial charge on any atom is -0.490 e. The number of rotatable bonds is 3. The number of benzene rings is 1. The van der Waals surface area contributed by atoms with Crippen LogP contribution in [0.4, 0.5) is 0 Å². The van der Waals surface area contributed by atoms with Gasteiger partial charge >= 0.3 is 0 Å². The predicted molar refractivity (Wildman–Crippen MR) is 89.9 cm³/mol. The van der Waals surface area contributed by atoms with Crippen LogP contribution in [0.5, 0.6) is 5.75 Å². The van der Waals surface area contributed by atoms with Gasteiger partial charge in [-0.05, 0) is 55.3 Å². The van der Waals surface area contributed by atoms with Crippen LogP contribution in [-0.2, 0) is 5.41 Å². The Kier molecular flexibility index (Phi) is 5.32. The van der Waals surface area contributed by atoms with Crippen LogP contribution in [0.1, 0.15) is 64.0 Å². The topological polar surface area (TPSA) is 35.2 Å². The largest absolute Gasteiger partial charge is 0.490 e. The second kappa shape index (κ2) is 6.83. The van der Waals surface area contributed by atoms with Crippen molar-refractivity contribution in [3.8, 4) is 5.75 Å². The summed E-state index contributed by atoms with van der Waals surface area (Å²) in [5, 5.41) is 0. The van der Waals surface area contributed by atoms with Crippen molar-refractivity contribution in [1.82, 2.24) is 0 Å². The molecule has 118 valence electrons. The summed E-state index contributed by atoms with van der Waals surface area (Å²) in [7, 11) is 0. The number of nitrogens with two attached hydrogens (primary N) is 1. The van der Waals surface area contributed by atoms with Gasteiger partial charge in [-0.3, -0.25) is 0 Å². The first-order valence-corrected chi connectivity index (χ1v) is 8.39. The van der Waals surface area contributed by atoms with Crippen LogP contribution in [0.15, 0.2) is 18.2 Å². The van der Waals surface area contributed by atoms with Gasteiger partial charge in [0.2, 0.25) is 0 Å². The van der Waals surface area contributed by atoms with Crippen molar-refractivity contribution >= 4 is 0 Å². The van der Waals surface area contributed by atoms with E-state index in [9.17, 15) is 0 Å². The third-order valence-electron chi connectivity index (χ3n) is 4.62. The number of aryl methyl sites for hydroxylation is 1. The SMILES string of the molecule is Cc1ccc(C(C)(C)C)c(OC2CCCCCC2CN)c1. The molecule has 0 aromatic heterocycles. The van der Waals surface area contributed by atoms with Crippen LogP contribution in [0.3, 0.4) is 0 Å². The third-order valence-corrected chi connectivity index (χ3v) is 4.62. The van der Waals surface area contributed by atoms with Gasteiger partial charge in [-0.2, -0.15) is 0 Å². The fraction of sp³-hybridized carbons (Fsp3) is 0.684. The van der Waals surface area contributed by atoms with E-state index in [2.05, 4.69) is 45.9 Å². The van der Waals surface area contributed by atoms with Crippen LogP contribution in [0, 0.1) is 12.8 Å². The highest BCUT2D eigenvalue weighted by Crippen LogP contribution is 2.35. The molecule has 0 radical (unpaired) electrons. The molecule has 0 spiro atoms. The quantitative estimate of drug-likeness (QED) is 0.827. The van der Waals surface area contributed by atoms with Gasteiger partial charge in [0, 0.05) is 5.92 Å². The zero-order valence-corrected chi connectivity index (χ0v) is 14.1. The molecule has 1 aliphatic rings. The van der Waals surface area contributed by atoms with E-state index in [1.807, 2.05) is 0 Å². The summed E-state index contributed by atoms with van der Waals surface area (Å²) < 4.78 is 6.50. The molecule has 1 fully saturated rings. The molecule has 21 heavy (non-hydrogen) atoms. The van der Waals surface area contributed by atoms with E-state index < -0.39 is 0 Å². The van der Waals surface area contributed by atoms with E-state index in [-0.39, 0.29) is 11.5 Å². The third kappa shape index (κ3) is 4.23. The van der Waals surface area contributed by atoms with E-state index in [1.54, 1.807) is 0 Å². The molecule has 2 heteroatoms. The molecule has 1 saturated carbocycles. The first-order valence-electron chi connectivity index (χ1n) is 8.39. The molecule has 1 aromatic carbocycles. The minimum absolute atomic E-state index is 0.103. The van der Waals surface area contributed by atoms with Gasteiger partial charge in [-0.25, -0.2) is 0 Å². The summed E-state index contributed by atoms with van der Waals surface area (Å²) in [6, 6.07) is 6.60. The van der Waals surface area contributed by atoms with Gasteiger partial charge in [0.15, 0.2) is 0 Å². The first kappa shape index (κ1) is 16.4. The summed E-state index contributed by atoms with van der Waals surface area (Å²) >= 11 is 0. The van der Waals surface area contributed by atoms with Gasteiger partial charge in [-0.15, -0.1) is 0 Å². The molecule has 0 aliphatic heterocycles. The number of hydrogen-bond donors (Lipinski definition) is 1. The second-order valence-corrected chi connectivity index (χ2v) is 7.54. The highest BCUT2D eigenvalue weighted by Gasteiger charge is 2.27. The van der Waals surface area contributed by atoms with Crippen molar-refractivity contribution in [2.24, 2.45) is 11.7 Å². The Morgan fingerprint density at radius 1 is 1.14 bits per heavy atom. The van der Waals surface area contributed by atoms with Gasteiger partial charge in [-0.1, -0.05) is 45.7 Å². The van der Waals surface area contributed by atoms with Crippen molar-refractivity contribution in [2.75, 3.05) is 6.54 Å². The molecule has 2 unspecified atom stereocenters. The highest BCUT2D eigenvalue weighted by atomic mass is 16.5. The van der Waals surface area contributed by atoms with Crippen molar-refractivity contribution in [2.45, 2.75) is 71.3 Å². The standard InChI is InChI=1S/C19H31NO/c1-14-10-11-16(19(2,3)4)18(12-14)21-17-9-7-5-6-8-15(17)13-20/h10-12,15,17H,5-9,13,20H2,1-4H3. The Hall–Kier alpha value is -1.02. The molecule has 2 atom stereocenters. The Balaban J connectivity index is 2.26. The zero-order chi connectivity index (χ0) is 15.5. The lowest BCUT2D eigenvalue weighted by Crippen LogP contribution is -2.32. The van der Waals surface area contributed by atoms with Crippen molar-refractivity contribution in [3.63, 3.8) is 0 Å². The van der Waals surface area contributed by atoms with Gasteiger partial charge in [0.05, 0.1) is 0 Å². The van der Waals surface area contributed by atoms with Crippen LogP contribution < -0.4 is 10.5 Å². The molecular formula is C19H31NO. The average molecular weight is 289 g/mol. The van der Waals surface area contributed by atoms with E-state index in [4.69, 9.17) is 10.5 Å². The Bertz CT molecular complexity index is 461. The maximum absolute atomic E-state index is 6.50. The zero-order valence-electron chi connectivity index (χ0n) is 14.1. The van der Waals surface area contributed by atoms with Crippen molar-refractivity contribution in [1.29, 1.82) is 0 Å². The highest BCUT2D eigenvalue weighted by molar-refractivity contribution is 5.41. The molecule has 0 heterocycles. The number of ether oxygens (including phenoxy) is 1. The monoisotopic (exact) mass is 289 g/mol.